The molecular weight excluding hydrogens is 432 g/mol. The molecule has 9 rings (SSSR count). The van der Waals surface area contributed by atoms with E-state index in [1.54, 1.807) is 0 Å². The van der Waals surface area contributed by atoms with E-state index < -0.39 is 0 Å². The van der Waals surface area contributed by atoms with Gasteiger partial charge in [0.15, 0.2) is 0 Å². The second-order valence-electron chi connectivity index (χ2n) is 10.1. The zero-order valence-corrected chi connectivity index (χ0v) is 19.5. The van der Waals surface area contributed by atoms with Crippen molar-refractivity contribution < 1.29 is 0 Å². The van der Waals surface area contributed by atoms with Crippen LogP contribution in [0.2, 0.25) is 0 Å². The van der Waals surface area contributed by atoms with Gasteiger partial charge < -0.3 is 0 Å². The number of hydrogen-bond donors (Lipinski definition) is 0. The Morgan fingerprint density at radius 1 is 0.250 bits per heavy atom. The Morgan fingerprint density at radius 2 is 0.861 bits per heavy atom. The van der Waals surface area contributed by atoms with Crippen molar-refractivity contribution in [2.24, 2.45) is 0 Å². The van der Waals surface area contributed by atoms with E-state index in [-0.39, 0.29) is 0 Å². The first-order chi connectivity index (χ1) is 17.9. The molecule has 0 aliphatic heterocycles. The lowest BCUT2D eigenvalue weighted by Crippen LogP contribution is -1.88. The molecule has 164 valence electrons. The highest BCUT2D eigenvalue weighted by atomic mass is 14.2. The smallest absolute Gasteiger partial charge is 0.00139 e. The molecule has 0 spiro atoms. The first-order valence-electron chi connectivity index (χ1n) is 12.6. The highest BCUT2D eigenvalue weighted by Gasteiger charge is 2.22. The van der Waals surface area contributed by atoms with Crippen molar-refractivity contribution in [3.8, 4) is 22.3 Å². The first-order valence-corrected chi connectivity index (χ1v) is 12.6. The van der Waals surface area contributed by atoms with Gasteiger partial charge in [0.05, 0.1) is 0 Å². The summed E-state index contributed by atoms with van der Waals surface area (Å²) >= 11 is 0. The quantitative estimate of drug-likeness (QED) is 0.217. The molecule has 0 aromatic heterocycles. The van der Waals surface area contributed by atoms with Gasteiger partial charge in [0.1, 0.15) is 0 Å². The summed E-state index contributed by atoms with van der Waals surface area (Å²) in [6.07, 6.45) is 0. The van der Waals surface area contributed by atoms with Crippen LogP contribution in [0.25, 0.3) is 86.9 Å². The van der Waals surface area contributed by atoms with Crippen LogP contribution in [-0.4, -0.2) is 0 Å². The summed E-state index contributed by atoms with van der Waals surface area (Å²) in [5, 5.41) is 16.1. The van der Waals surface area contributed by atoms with Crippen LogP contribution in [0.3, 0.4) is 0 Å². The van der Waals surface area contributed by atoms with Crippen molar-refractivity contribution in [1.29, 1.82) is 0 Å². The van der Waals surface area contributed by atoms with Crippen LogP contribution in [0, 0.1) is 0 Å². The molecule has 36 heavy (non-hydrogen) atoms. The average molecular weight is 453 g/mol. The summed E-state index contributed by atoms with van der Waals surface area (Å²) in [7, 11) is 0. The van der Waals surface area contributed by atoms with E-state index in [0.717, 1.165) is 0 Å². The number of hydrogen-bond acceptors (Lipinski definition) is 0. The van der Waals surface area contributed by atoms with Gasteiger partial charge in [-0.25, -0.2) is 0 Å². The zero-order chi connectivity index (χ0) is 23.4. The van der Waals surface area contributed by atoms with E-state index in [1.807, 2.05) is 0 Å². The van der Waals surface area contributed by atoms with Crippen LogP contribution in [0.4, 0.5) is 0 Å². The minimum Gasteiger partial charge on any atom is -0.0616 e. The summed E-state index contributed by atoms with van der Waals surface area (Å²) in [5.41, 5.74) is 5.35. The molecule has 0 fully saturated rings. The SMILES string of the molecule is c1ccc2c(c1)ccc1c3ccccc3c(-c3ccc4c5c3ccc3ccc6cccc-4c6c35)cc21. The van der Waals surface area contributed by atoms with Crippen LogP contribution < -0.4 is 0 Å². The van der Waals surface area contributed by atoms with E-state index in [4.69, 9.17) is 0 Å². The first kappa shape index (κ1) is 18.6. The standard InChI is InChI=1S/C36H20/c1-2-8-24-21(6-1)14-16-27-25-9-3-4-10-26(25)33(20-32(24)27)28-18-19-31-29-11-5-7-22-12-13-23-15-17-30(28)36(31)35(23)34(22)29/h1-20H. The number of benzene rings is 8. The van der Waals surface area contributed by atoms with Crippen LogP contribution in [0.15, 0.2) is 121 Å². The molecule has 0 bridgehead atoms. The number of fused-ring (bicyclic) bond motifs is 6. The minimum absolute atomic E-state index is 1.29. The predicted octanol–water partition coefficient (Wildman–Crippen LogP) is 10.3. The van der Waals surface area contributed by atoms with Gasteiger partial charge >= 0.3 is 0 Å². The van der Waals surface area contributed by atoms with Crippen LogP contribution in [0.1, 0.15) is 0 Å². The lowest BCUT2D eigenvalue weighted by atomic mass is 9.88. The van der Waals surface area contributed by atoms with E-state index in [0.29, 0.717) is 0 Å². The molecule has 8 aromatic carbocycles. The Hall–Kier alpha value is -4.68. The Balaban J connectivity index is 1.48. The molecular formula is C36H20. The average Bonchev–Trinajstić information content (AvgIpc) is 3.29. The van der Waals surface area contributed by atoms with Gasteiger partial charge in [-0.15, -0.1) is 0 Å². The molecule has 0 amide bonds. The van der Waals surface area contributed by atoms with Gasteiger partial charge in [0, 0.05) is 0 Å². The van der Waals surface area contributed by atoms with Crippen molar-refractivity contribution in [3.05, 3.63) is 121 Å². The third-order valence-electron chi connectivity index (χ3n) is 8.35. The lowest BCUT2D eigenvalue weighted by molar-refractivity contribution is 1.72. The molecule has 0 radical (unpaired) electrons. The maximum absolute atomic E-state index is 2.43. The normalized spacial score (nSPS) is 12.4. The van der Waals surface area contributed by atoms with Gasteiger partial charge in [-0.2, -0.15) is 0 Å². The largest absolute Gasteiger partial charge is 0.0616 e. The van der Waals surface area contributed by atoms with Gasteiger partial charge in [0.2, 0.25) is 0 Å². The van der Waals surface area contributed by atoms with E-state index in [2.05, 4.69) is 121 Å². The summed E-state index contributed by atoms with van der Waals surface area (Å²) in [6, 6.07) is 45.2. The lowest BCUT2D eigenvalue weighted by Gasteiger charge is -2.15. The second kappa shape index (κ2) is 6.50. The molecule has 0 unspecified atom stereocenters. The molecule has 0 heteroatoms. The fraction of sp³-hybridized carbons (Fsp3) is 0. The van der Waals surface area contributed by atoms with Gasteiger partial charge in [-0.1, -0.05) is 115 Å². The molecule has 0 atom stereocenters. The van der Waals surface area contributed by atoms with Crippen LogP contribution >= 0.6 is 0 Å². The topological polar surface area (TPSA) is 0 Å². The van der Waals surface area contributed by atoms with Crippen LogP contribution in [-0.2, 0) is 0 Å². The van der Waals surface area contributed by atoms with Crippen molar-refractivity contribution in [1.82, 2.24) is 0 Å². The monoisotopic (exact) mass is 452 g/mol. The van der Waals surface area contributed by atoms with E-state index in [1.165, 1.54) is 86.9 Å². The molecule has 1 aliphatic rings. The minimum atomic E-state index is 1.29. The molecule has 0 N–H and O–H groups in total. The van der Waals surface area contributed by atoms with E-state index >= 15 is 0 Å². The molecule has 0 saturated heterocycles. The van der Waals surface area contributed by atoms with Crippen molar-refractivity contribution in [2.75, 3.05) is 0 Å². The molecule has 1 aliphatic carbocycles. The maximum Gasteiger partial charge on any atom is -0.00139 e. The second-order valence-corrected chi connectivity index (χ2v) is 10.1. The Morgan fingerprint density at radius 3 is 1.78 bits per heavy atom. The van der Waals surface area contributed by atoms with Crippen molar-refractivity contribution >= 4 is 64.6 Å². The summed E-state index contributed by atoms with van der Waals surface area (Å²) in [6.45, 7) is 0. The van der Waals surface area contributed by atoms with Crippen molar-refractivity contribution in [2.45, 2.75) is 0 Å². The third kappa shape index (κ3) is 2.20. The van der Waals surface area contributed by atoms with Gasteiger partial charge in [-0.05, 0) is 93.0 Å². The Labute approximate surface area is 208 Å². The summed E-state index contributed by atoms with van der Waals surface area (Å²) in [5.74, 6) is 0. The molecule has 0 nitrogen and oxygen atoms in total. The summed E-state index contributed by atoms with van der Waals surface area (Å²) < 4.78 is 0. The van der Waals surface area contributed by atoms with E-state index in [9.17, 15) is 0 Å². The highest BCUT2D eigenvalue weighted by Crippen LogP contribution is 2.50. The zero-order valence-electron chi connectivity index (χ0n) is 19.5. The van der Waals surface area contributed by atoms with Gasteiger partial charge in [0.25, 0.3) is 0 Å². The number of rotatable bonds is 1. The Kier molecular flexibility index (Phi) is 3.36. The fourth-order valence-corrected chi connectivity index (χ4v) is 6.81. The predicted molar refractivity (Wildman–Crippen MR) is 156 cm³/mol. The molecule has 8 aromatic rings. The van der Waals surface area contributed by atoms with Gasteiger partial charge in [-0.3, -0.25) is 0 Å². The Bertz CT molecular complexity index is 2250. The fourth-order valence-electron chi connectivity index (χ4n) is 6.81. The third-order valence-corrected chi connectivity index (χ3v) is 8.35. The maximum atomic E-state index is 2.43. The molecule has 0 saturated carbocycles. The van der Waals surface area contributed by atoms with Crippen LogP contribution in [0.5, 0.6) is 0 Å². The summed E-state index contributed by atoms with van der Waals surface area (Å²) in [4.78, 5) is 0. The van der Waals surface area contributed by atoms with Crippen molar-refractivity contribution in [3.63, 3.8) is 0 Å². The highest BCUT2D eigenvalue weighted by molar-refractivity contribution is 6.34. The molecule has 0 heterocycles.